The fraction of sp³-hybridized carbons (Fsp3) is 0.200. The van der Waals surface area contributed by atoms with Gasteiger partial charge in [-0.05, 0) is 38.1 Å². The van der Waals surface area contributed by atoms with E-state index in [9.17, 15) is 4.79 Å². The molecule has 0 atom stereocenters. The molecule has 0 aliphatic heterocycles. The summed E-state index contributed by atoms with van der Waals surface area (Å²) in [6.45, 7) is 3.83. The Morgan fingerprint density at radius 3 is 2.45 bits per heavy atom. The van der Waals surface area contributed by atoms with Gasteiger partial charge in [-0.25, -0.2) is 10.8 Å². The van der Waals surface area contributed by atoms with E-state index in [2.05, 4.69) is 10.4 Å². The number of hydrogen-bond donors (Lipinski definition) is 2. The van der Waals surface area contributed by atoms with Crippen LogP contribution in [0.1, 0.15) is 21.6 Å². The molecule has 1 aromatic carbocycles. The van der Waals surface area contributed by atoms with Gasteiger partial charge in [0.1, 0.15) is 5.82 Å². The molecule has 0 radical (unpaired) electrons. The van der Waals surface area contributed by atoms with Gasteiger partial charge in [0.25, 0.3) is 5.91 Å². The quantitative estimate of drug-likeness (QED) is 0.663. The number of hydrazine groups is 1. The maximum absolute atomic E-state index is 12.5. The third-order valence-corrected chi connectivity index (χ3v) is 3.07. The summed E-state index contributed by atoms with van der Waals surface area (Å²) >= 11 is 0. The van der Waals surface area contributed by atoms with Gasteiger partial charge in [-0.3, -0.25) is 4.79 Å². The zero-order valence-corrected chi connectivity index (χ0v) is 11.8. The number of aryl methyl sites for hydroxylation is 2. The molecule has 0 saturated carbocycles. The summed E-state index contributed by atoms with van der Waals surface area (Å²) in [6.07, 6.45) is 0. The van der Waals surface area contributed by atoms with Crippen LogP contribution in [0.5, 0.6) is 0 Å². The summed E-state index contributed by atoms with van der Waals surface area (Å²) in [5.41, 5.74) is 5.76. The molecule has 2 rings (SSSR count). The average Bonchev–Trinajstić information content (AvgIpc) is 2.45. The Bertz CT molecular complexity index is 622. The second-order valence-electron chi connectivity index (χ2n) is 4.73. The molecule has 1 amide bonds. The highest BCUT2D eigenvalue weighted by Gasteiger charge is 2.14. The molecular weight excluding hydrogens is 252 g/mol. The van der Waals surface area contributed by atoms with E-state index in [4.69, 9.17) is 5.84 Å². The topological polar surface area (TPSA) is 71.2 Å². The van der Waals surface area contributed by atoms with Crippen LogP contribution in [0.25, 0.3) is 0 Å². The van der Waals surface area contributed by atoms with Crippen molar-refractivity contribution in [1.82, 2.24) is 4.98 Å². The number of rotatable bonds is 3. The number of hydrogen-bond acceptors (Lipinski definition) is 4. The van der Waals surface area contributed by atoms with Crippen molar-refractivity contribution in [2.24, 2.45) is 5.84 Å². The normalized spacial score (nSPS) is 10.2. The molecule has 0 fully saturated rings. The smallest absolute Gasteiger partial charge is 0.258 e. The molecule has 104 valence electrons. The van der Waals surface area contributed by atoms with Crippen LogP contribution in [-0.4, -0.2) is 17.9 Å². The lowest BCUT2D eigenvalue weighted by atomic mass is 10.1. The molecule has 0 saturated heterocycles. The Balaban J connectivity index is 2.30. The van der Waals surface area contributed by atoms with E-state index in [-0.39, 0.29) is 5.91 Å². The molecule has 0 aliphatic carbocycles. The Kier molecular flexibility index (Phi) is 4.00. The van der Waals surface area contributed by atoms with Crippen LogP contribution in [0.15, 0.2) is 36.4 Å². The lowest BCUT2D eigenvalue weighted by Gasteiger charge is -2.18. The van der Waals surface area contributed by atoms with Crippen molar-refractivity contribution < 1.29 is 4.79 Å². The molecule has 20 heavy (non-hydrogen) atoms. The molecule has 0 unspecified atom stereocenters. The first-order chi connectivity index (χ1) is 9.51. The Morgan fingerprint density at radius 2 is 1.85 bits per heavy atom. The van der Waals surface area contributed by atoms with E-state index in [0.717, 1.165) is 16.9 Å². The van der Waals surface area contributed by atoms with E-state index in [1.54, 1.807) is 24.1 Å². The molecule has 1 heterocycles. The minimum absolute atomic E-state index is 0.101. The molecule has 3 N–H and O–H groups in total. The molecule has 0 aliphatic rings. The number of nitrogen functional groups attached to an aromatic ring is 1. The number of anilines is 2. The highest BCUT2D eigenvalue weighted by molar-refractivity contribution is 6.06. The number of carbonyl (C=O) groups excluding carboxylic acids is 1. The number of aromatic nitrogens is 1. The average molecular weight is 270 g/mol. The van der Waals surface area contributed by atoms with Crippen molar-refractivity contribution in [2.75, 3.05) is 17.4 Å². The molecule has 5 heteroatoms. The fourth-order valence-corrected chi connectivity index (χ4v) is 1.95. The molecule has 5 nitrogen and oxygen atoms in total. The van der Waals surface area contributed by atoms with Gasteiger partial charge in [-0.2, -0.15) is 0 Å². The monoisotopic (exact) mass is 270 g/mol. The van der Waals surface area contributed by atoms with Crippen molar-refractivity contribution in [3.05, 3.63) is 53.2 Å². The maximum atomic E-state index is 12.5. The van der Waals surface area contributed by atoms with Gasteiger partial charge in [-0.1, -0.05) is 17.7 Å². The zero-order chi connectivity index (χ0) is 14.7. The van der Waals surface area contributed by atoms with Crippen LogP contribution in [-0.2, 0) is 0 Å². The first-order valence-corrected chi connectivity index (χ1v) is 6.31. The second-order valence-corrected chi connectivity index (χ2v) is 4.73. The molecule has 2 aromatic rings. The van der Waals surface area contributed by atoms with Crippen LogP contribution < -0.4 is 16.2 Å². The second kappa shape index (κ2) is 5.71. The van der Waals surface area contributed by atoms with Gasteiger partial charge < -0.3 is 10.3 Å². The van der Waals surface area contributed by atoms with Crippen LogP contribution in [0, 0.1) is 13.8 Å². The summed E-state index contributed by atoms with van der Waals surface area (Å²) in [5, 5.41) is 0. The minimum atomic E-state index is -0.101. The summed E-state index contributed by atoms with van der Waals surface area (Å²) in [4.78, 5) is 18.3. The molecule has 0 spiro atoms. The van der Waals surface area contributed by atoms with Crippen molar-refractivity contribution in [1.29, 1.82) is 0 Å². The van der Waals surface area contributed by atoms with Gasteiger partial charge in [0.15, 0.2) is 0 Å². The lowest BCUT2D eigenvalue weighted by molar-refractivity contribution is 0.0993. The van der Waals surface area contributed by atoms with Crippen LogP contribution in [0.3, 0.4) is 0 Å². The highest BCUT2D eigenvalue weighted by Crippen LogP contribution is 2.18. The Labute approximate surface area is 118 Å². The standard InChI is InChI=1S/C15H18N4O/c1-10-4-6-13(7-5-10)19(3)15(20)12-8-11(2)17-14(9-12)18-16/h4-9H,16H2,1-3H3,(H,17,18). The largest absolute Gasteiger partial charge is 0.311 e. The number of carbonyl (C=O) groups is 1. The van der Waals surface area contributed by atoms with E-state index in [0.29, 0.717) is 11.4 Å². The maximum Gasteiger partial charge on any atom is 0.258 e. The number of amides is 1. The summed E-state index contributed by atoms with van der Waals surface area (Å²) in [6, 6.07) is 11.2. The van der Waals surface area contributed by atoms with Crippen LogP contribution in [0.2, 0.25) is 0 Å². The van der Waals surface area contributed by atoms with E-state index in [1.807, 2.05) is 38.1 Å². The van der Waals surface area contributed by atoms with Crippen LogP contribution in [0.4, 0.5) is 11.5 Å². The molecular formula is C15H18N4O. The number of nitrogens with one attached hydrogen (secondary N) is 1. The number of nitrogens with zero attached hydrogens (tertiary/aromatic N) is 2. The zero-order valence-electron chi connectivity index (χ0n) is 11.8. The van der Waals surface area contributed by atoms with Gasteiger partial charge in [0.2, 0.25) is 0 Å². The van der Waals surface area contributed by atoms with Crippen molar-refractivity contribution in [2.45, 2.75) is 13.8 Å². The van der Waals surface area contributed by atoms with Crippen molar-refractivity contribution >= 4 is 17.4 Å². The summed E-state index contributed by atoms with van der Waals surface area (Å²) in [5.74, 6) is 5.73. The first-order valence-electron chi connectivity index (χ1n) is 6.31. The lowest BCUT2D eigenvalue weighted by Crippen LogP contribution is -2.26. The SMILES string of the molecule is Cc1ccc(N(C)C(=O)c2cc(C)nc(NN)c2)cc1. The van der Waals surface area contributed by atoms with E-state index >= 15 is 0 Å². The fourth-order valence-electron chi connectivity index (χ4n) is 1.95. The third kappa shape index (κ3) is 2.95. The summed E-state index contributed by atoms with van der Waals surface area (Å²) < 4.78 is 0. The highest BCUT2D eigenvalue weighted by atomic mass is 16.2. The molecule has 1 aromatic heterocycles. The molecule has 0 bridgehead atoms. The third-order valence-electron chi connectivity index (χ3n) is 3.07. The van der Waals surface area contributed by atoms with Gasteiger partial charge in [-0.15, -0.1) is 0 Å². The number of benzene rings is 1. The number of pyridine rings is 1. The Morgan fingerprint density at radius 1 is 1.20 bits per heavy atom. The first kappa shape index (κ1) is 14.0. The Hall–Kier alpha value is -2.40. The minimum Gasteiger partial charge on any atom is -0.311 e. The van der Waals surface area contributed by atoms with Gasteiger partial charge >= 0.3 is 0 Å². The van der Waals surface area contributed by atoms with E-state index < -0.39 is 0 Å². The predicted octanol–water partition coefficient (Wildman–Crippen LogP) is 2.26. The number of nitrogens with two attached hydrogens (primary N) is 1. The van der Waals surface area contributed by atoms with Gasteiger partial charge in [0, 0.05) is 24.0 Å². The van der Waals surface area contributed by atoms with Crippen molar-refractivity contribution in [3.8, 4) is 0 Å². The van der Waals surface area contributed by atoms with Crippen molar-refractivity contribution in [3.63, 3.8) is 0 Å². The van der Waals surface area contributed by atoms with E-state index in [1.165, 1.54) is 0 Å². The van der Waals surface area contributed by atoms with Gasteiger partial charge in [0.05, 0.1) is 0 Å². The van der Waals surface area contributed by atoms with Crippen LogP contribution >= 0.6 is 0 Å². The summed E-state index contributed by atoms with van der Waals surface area (Å²) in [7, 11) is 1.75. The predicted molar refractivity (Wildman–Crippen MR) is 80.7 cm³/mol.